The summed E-state index contributed by atoms with van der Waals surface area (Å²) in [6.45, 7) is 0.521. The topological polar surface area (TPSA) is 42.1 Å². The number of aromatic amines is 1. The number of hydrogen-bond acceptors (Lipinski definition) is 4. The molecule has 6 rings (SSSR count). The second-order valence-corrected chi connectivity index (χ2v) is 11.3. The Bertz CT molecular complexity index is 1140. The van der Waals surface area contributed by atoms with Crippen LogP contribution >= 0.6 is 34.7 Å². The first-order chi connectivity index (χ1) is 14.7. The molecule has 2 aromatic carbocycles. The fourth-order valence-electron chi connectivity index (χ4n) is 5.83. The van der Waals surface area contributed by atoms with Gasteiger partial charge in [0.1, 0.15) is 12.4 Å². The number of ether oxygens (including phenoxy) is 1. The molecule has 1 N–H and O–H groups in total. The van der Waals surface area contributed by atoms with E-state index in [-0.39, 0.29) is 10.8 Å². The number of fused-ring (bicyclic) bond motifs is 6. The normalized spacial score (nSPS) is 28.9. The van der Waals surface area contributed by atoms with Gasteiger partial charge in [-0.3, -0.25) is 4.79 Å². The number of aromatic nitrogens is 1. The highest BCUT2D eigenvalue weighted by Gasteiger charge is 2.55. The number of halogens is 1. The SMILES string of the molecule is O=c1[nH]c2c(s1)[C@H](c1cc(Cl)ccc1OCc1ccccc1)C1C3CCC(C3)C1S2. The standard InChI is InChI=1S/C24H22ClNO2S2/c25-16-8-9-18(28-12-13-4-2-1-3-5-13)17(11-16)20-19-14-6-7-15(10-14)21(19)29-23-22(20)30-24(27)26-23/h1-5,8-9,11,14-15,19-21H,6-7,10,12H2,(H,26,27)/t14?,15?,19?,20-,21?/m1/s1. The summed E-state index contributed by atoms with van der Waals surface area (Å²) in [4.78, 5) is 16.6. The lowest BCUT2D eigenvalue weighted by Crippen LogP contribution is -2.33. The van der Waals surface area contributed by atoms with Crippen molar-refractivity contribution >= 4 is 34.7 Å². The molecule has 2 aliphatic carbocycles. The van der Waals surface area contributed by atoms with Gasteiger partial charge in [-0.05, 0) is 60.8 Å². The van der Waals surface area contributed by atoms with Gasteiger partial charge in [0.25, 0.3) is 0 Å². The molecule has 1 aromatic heterocycles. The highest BCUT2D eigenvalue weighted by atomic mass is 35.5. The van der Waals surface area contributed by atoms with Crippen LogP contribution in [0.3, 0.4) is 0 Å². The third kappa shape index (κ3) is 3.14. The molecule has 5 atom stereocenters. The summed E-state index contributed by atoms with van der Waals surface area (Å²) in [5, 5.41) is 2.37. The van der Waals surface area contributed by atoms with Crippen LogP contribution in [0, 0.1) is 17.8 Å². The Hall–Kier alpha value is -1.69. The molecule has 3 nitrogen and oxygen atoms in total. The Kier molecular flexibility index (Phi) is 4.74. The first-order valence-electron chi connectivity index (χ1n) is 10.5. The maximum absolute atomic E-state index is 12.3. The van der Waals surface area contributed by atoms with Crippen molar-refractivity contribution in [3.8, 4) is 5.75 Å². The summed E-state index contributed by atoms with van der Waals surface area (Å²) in [6.07, 6.45) is 3.94. The molecular formula is C24H22ClNO2S2. The third-order valence-corrected chi connectivity index (χ3v) is 9.87. The van der Waals surface area contributed by atoms with E-state index in [9.17, 15) is 4.79 Å². The number of hydrogen-bond donors (Lipinski definition) is 1. The van der Waals surface area contributed by atoms with E-state index in [0.29, 0.717) is 17.8 Å². The average molecular weight is 456 g/mol. The third-order valence-electron chi connectivity index (χ3n) is 7.01. The van der Waals surface area contributed by atoms with Crippen molar-refractivity contribution in [1.82, 2.24) is 4.98 Å². The van der Waals surface area contributed by atoms with Gasteiger partial charge in [-0.2, -0.15) is 0 Å². The van der Waals surface area contributed by atoms with Gasteiger partial charge in [-0.15, -0.1) is 11.8 Å². The highest BCUT2D eigenvalue weighted by molar-refractivity contribution is 8.00. The molecule has 3 aromatic rings. The molecule has 2 saturated carbocycles. The van der Waals surface area contributed by atoms with Crippen LogP contribution in [0.4, 0.5) is 0 Å². The molecule has 30 heavy (non-hydrogen) atoms. The van der Waals surface area contributed by atoms with Gasteiger partial charge in [0.15, 0.2) is 0 Å². The largest absolute Gasteiger partial charge is 0.489 e. The summed E-state index contributed by atoms with van der Waals surface area (Å²) in [5.74, 6) is 3.09. The Morgan fingerprint density at radius 3 is 2.80 bits per heavy atom. The van der Waals surface area contributed by atoms with Gasteiger partial charge in [0.2, 0.25) is 0 Å². The Morgan fingerprint density at radius 2 is 1.93 bits per heavy atom. The Balaban J connectivity index is 1.44. The molecule has 0 spiro atoms. The molecule has 154 valence electrons. The lowest BCUT2D eigenvalue weighted by atomic mass is 9.74. The molecule has 6 heteroatoms. The molecule has 3 aliphatic rings. The fraction of sp³-hybridized carbons (Fsp3) is 0.375. The lowest BCUT2D eigenvalue weighted by molar-refractivity contribution is 0.280. The molecule has 4 unspecified atom stereocenters. The predicted octanol–water partition coefficient (Wildman–Crippen LogP) is 6.32. The minimum Gasteiger partial charge on any atom is -0.489 e. The zero-order valence-electron chi connectivity index (χ0n) is 16.3. The molecule has 0 amide bonds. The van der Waals surface area contributed by atoms with Crippen molar-refractivity contribution < 1.29 is 4.74 Å². The van der Waals surface area contributed by atoms with Gasteiger partial charge in [-0.25, -0.2) is 0 Å². The summed E-state index contributed by atoms with van der Waals surface area (Å²) in [7, 11) is 0. The molecule has 2 bridgehead atoms. The number of nitrogens with one attached hydrogen (secondary N) is 1. The van der Waals surface area contributed by atoms with E-state index >= 15 is 0 Å². The maximum atomic E-state index is 12.3. The van der Waals surface area contributed by atoms with Gasteiger partial charge in [0.05, 0.1) is 5.03 Å². The van der Waals surface area contributed by atoms with Crippen LogP contribution in [0.1, 0.15) is 41.2 Å². The van der Waals surface area contributed by atoms with E-state index in [2.05, 4.69) is 23.2 Å². The van der Waals surface area contributed by atoms with Crippen LogP contribution in [0.25, 0.3) is 0 Å². The summed E-state index contributed by atoms with van der Waals surface area (Å²) < 4.78 is 6.33. The molecule has 0 saturated heterocycles. The number of H-pyrrole nitrogens is 1. The van der Waals surface area contributed by atoms with Crippen LogP contribution in [0.2, 0.25) is 5.02 Å². The minimum absolute atomic E-state index is 0.0404. The van der Waals surface area contributed by atoms with Crippen molar-refractivity contribution in [2.75, 3.05) is 0 Å². The molecular weight excluding hydrogens is 434 g/mol. The van der Waals surface area contributed by atoms with E-state index in [1.807, 2.05) is 42.1 Å². The second-order valence-electron chi connectivity index (χ2n) is 8.64. The Labute approximate surface area is 188 Å². The van der Waals surface area contributed by atoms with E-state index in [4.69, 9.17) is 16.3 Å². The number of thioether (sulfide) groups is 1. The molecule has 2 heterocycles. The van der Waals surface area contributed by atoms with Gasteiger partial charge >= 0.3 is 4.87 Å². The van der Waals surface area contributed by atoms with Gasteiger partial charge in [0, 0.05) is 26.6 Å². The Morgan fingerprint density at radius 1 is 1.10 bits per heavy atom. The average Bonchev–Trinajstić information content (AvgIpc) is 3.46. The predicted molar refractivity (Wildman–Crippen MR) is 123 cm³/mol. The van der Waals surface area contributed by atoms with E-state index < -0.39 is 0 Å². The van der Waals surface area contributed by atoms with Crippen LogP contribution in [-0.4, -0.2) is 10.2 Å². The first-order valence-corrected chi connectivity index (χ1v) is 12.6. The highest BCUT2D eigenvalue weighted by Crippen LogP contribution is 2.64. The van der Waals surface area contributed by atoms with Crippen molar-refractivity contribution in [2.24, 2.45) is 17.8 Å². The first kappa shape index (κ1) is 19.0. The molecule has 1 aliphatic heterocycles. The van der Waals surface area contributed by atoms with Crippen LogP contribution in [0.15, 0.2) is 58.4 Å². The monoisotopic (exact) mass is 455 g/mol. The van der Waals surface area contributed by atoms with Crippen molar-refractivity contribution in [2.45, 2.75) is 42.1 Å². The van der Waals surface area contributed by atoms with Gasteiger partial charge in [-0.1, -0.05) is 53.3 Å². The van der Waals surface area contributed by atoms with Crippen molar-refractivity contribution in [3.05, 3.63) is 79.2 Å². The summed E-state index contributed by atoms with van der Waals surface area (Å²) in [6, 6.07) is 16.2. The van der Waals surface area contributed by atoms with Crippen LogP contribution in [-0.2, 0) is 6.61 Å². The molecule has 0 radical (unpaired) electrons. The number of thiazole rings is 1. The van der Waals surface area contributed by atoms with Gasteiger partial charge < -0.3 is 9.72 Å². The lowest BCUT2D eigenvalue weighted by Gasteiger charge is -2.40. The van der Waals surface area contributed by atoms with Crippen molar-refractivity contribution in [3.63, 3.8) is 0 Å². The van der Waals surface area contributed by atoms with Crippen molar-refractivity contribution in [1.29, 1.82) is 0 Å². The summed E-state index contributed by atoms with van der Waals surface area (Å²) >= 11 is 9.76. The van der Waals surface area contributed by atoms with Crippen LogP contribution < -0.4 is 9.61 Å². The zero-order chi connectivity index (χ0) is 20.2. The summed E-state index contributed by atoms with van der Waals surface area (Å²) in [5.41, 5.74) is 2.28. The second kappa shape index (κ2) is 7.47. The smallest absolute Gasteiger partial charge is 0.305 e. The molecule has 2 fully saturated rings. The quantitative estimate of drug-likeness (QED) is 0.500. The maximum Gasteiger partial charge on any atom is 0.305 e. The van der Waals surface area contributed by atoms with Crippen LogP contribution in [0.5, 0.6) is 5.75 Å². The minimum atomic E-state index is 0.0404. The number of benzene rings is 2. The van der Waals surface area contributed by atoms with E-state index in [0.717, 1.165) is 38.8 Å². The number of rotatable bonds is 4. The van der Waals surface area contributed by atoms with E-state index in [1.165, 1.54) is 35.5 Å². The fourth-order valence-corrected chi connectivity index (χ4v) is 8.89. The van der Waals surface area contributed by atoms with E-state index in [1.54, 1.807) is 0 Å². The zero-order valence-corrected chi connectivity index (χ0v) is 18.7.